The van der Waals surface area contributed by atoms with Gasteiger partial charge in [-0.2, -0.15) is 0 Å². The van der Waals surface area contributed by atoms with Gasteiger partial charge in [0.05, 0.1) is 16.7 Å². The molecule has 4 amide bonds. The van der Waals surface area contributed by atoms with Crippen molar-refractivity contribution in [3.05, 3.63) is 51.4 Å². The lowest BCUT2D eigenvalue weighted by Gasteiger charge is -2.28. The lowest BCUT2D eigenvalue weighted by molar-refractivity contribution is -0.121. The maximum atomic E-state index is 13.3. The van der Waals surface area contributed by atoms with Crippen molar-refractivity contribution in [1.29, 1.82) is 0 Å². The van der Waals surface area contributed by atoms with Crippen LogP contribution in [0.5, 0.6) is 0 Å². The van der Waals surface area contributed by atoms with E-state index in [1.807, 2.05) is 0 Å². The molecule has 3 N–H and O–H groups in total. The van der Waals surface area contributed by atoms with Crippen LogP contribution in [0.4, 0.5) is 5.00 Å². The Morgan fingerprint density at radius 3 is 2.32 bits per heavy atom. The van der Waals surface area contributed by atoms with Gasteiger partial charge in [-0.25, -0.2) is 0 Å². The van der Waals surface area contributed by atoms with E-state index in [1.54, 1.807) is 38.1 Å². The smallest absolute Gasteiger partial charge is 0.262 e. The molecule has 2 aliphatic rings. The number of imide groups is 1. The van der Waals surface area contributed by atoms with E-state index in [1.165, 1.54) is 11.3 Å². The van der Waals surface area contributed by atoms with E-state index in [0.717, 1.165) is 34.6 Å². The number of rotatable bonds is 5. The van der Waals surface area contributed by atoms with E-state index in [2.05, 4.69) is 12.2 Å². The Morgan fingerprint density at radius 1 is 1.16 bits per heavy atom. The molecule has 2 aromatic rings. The zero-order chi connectivity index (χ0) is 22.4. The minimum absolute atomic E-state index is 0.296. The zero-order valence-electron chi connectivity index (χ0n) is 17.7. The van der Waals surface area contributed by atoms with Crippen LogP contribution in [0.15, 0.2) is 24.3 Å². The summed E-state index contributed by atoms with van der Waals surface area (Å²) in [5, 5.41) is 3.22. The van der Waals surface area contributed by atoms with Crippen LogP contribution in [-0.2, 0) is 17.6 Å². The van der Waals surface area contributed by atoms with Crippen molar-refractivity contribution >= 4 is 40.0 Å². The first-order chi connectivity index (χ1) is 14.7. The predicted octanol–water partition coefficient (Wildman–Crippen LogP) is 3.23. The number of thiophene rings is 1. The highest BCUT2D eigenvalue weighted by molar-refractivity contribution is 7.17. The minimum Gasteiger partial charge on any atom is -0.365 e. The molecule has 0 saturated carbocycles. The van der Waals surface area contributed by atoms with Gasteiger partial charge in [0.25, 0.3) is 17.7 Å². The largest absolute Gasteiger partial charge is 0.365 e. The number of benzene rings is 1. The van der Waals surface area contributed by atoms with Gasteiger partial charge in [0.15, 0.2) is 0 Å². The monoisotopic (exact) mass is 439 g/mol. The number of primary amides is 1. The summed E-state index contributed by atoms with van der Waals surface area (Å²) in [5.41, 5.74) is 7.50. The number of amides is 4. The molecule has 7 nitrogen and oxygen atoms in total. The zero-order valence-corrected chi connectivity index (χ0v) is 18.5. The van der Waals surface area contributed by atoms with E-state index >= 15 is 0 Å². The molecule has 0 radical (unpaired) electrons. The highest BCUT2D eigenvalue weighted by Gasteiger charge is 2.44. The molecule has 162 valence electrons. The highest BCUT2D eigenvalue weighted by Crippen LogP contribution is 2.40. The molecule has 2 unspecified atom stereocenters. The van der Waals surface area contributed by atoms with Crippen molar-refractivity contribution in [2.24, 2.45) is 17.6 Å². The number of hydrogen-bond acceptors (Lipinski definition) is 5. The molecule has 0 fully saturated rings. The topological polar surface area (TPSA) is 110 Å². The molecule has 0 bridgehead atoms. The Kier molecular flexibility index (Phi) is 5.43. The Labute approximate surface area is 184 Å². The molecule has 2 atom stereocenters. The second-order valence-electron chi connectivity index (χ2n) is 8.62. The van der Waals surface area contributed by atoms with Crippen molar-refractivity contribution in [3.8, 4) is 0 Å². The molecule has 4 rings (SSSR count). The number of carbonyl (C=O) groups is 4. The van der Waals surface area contributed by atoms with E-state index < -0.39 is 29.7 Å². The van der Waals surface area contributed by atoms with Crippen molar-refractivity contribution < 1.29 is 19.2 Å². The molecular formula is C23H25N3O4S. The average Bonchev–Trinajstić information content (AvgIpc) is 3.18. The summed E-state index contributed by atoms with van der Waals surface area (Å²) in [4.78, 5) is 53.5. The first-order valence-corrected chi connectivity index (χ1v) is 11.2. The first kappa shape index (κ1) is 21.2. The van der Waals surface area contributed by atoms with Gasteiger partial charge in [0, 0.05) is 4.88 Å². The number of carbonyl (C=O) groups excluding carboxylic acids is 4. The summed E-state index contributed by atoms with van der Waals surface area (Å²) < 4.78 is 0. The van der Waals surface area contributed by atoms with E-state index in [0.29, 0.717) is 27.6 Å². The number of nitrogens with one attached hydrogen (secondary N) is 1. The summed E-state index contributed by atoms with van der Waals surface area (Å²) in [6.07, 6.45) is 2.54. The SMILES string of the molecule is CC1CCc2c(sc(NC(=O)C(C(C)C)N3C(=O)c4ccccc4C3=O)c2C(N)=O)C1. The lowest BCUT2D eigenvalue weighted by atomic mass is 9.88. The fourth-order valence-corrected chi connectivity index (χ4v) is 5.88. The van der Waals surface area contributed by atoms with Crippen LogP contribution >= 0.6 is 11.3 Å². The predicted molar refractivity (Wildman–Crippen MR) is 118 cm³/mol. The van der Waals surface area contributed by atoms with Crippen LogP contribution in [0.1, 0.15) is 68.7 Å². The Morgan fingerprint density at radius 2 is 1.77 bits per heavy atom. The maximum absolute atomic E-state index is 13.3. The van der Waals surface area contributed by atoms with Crippen molar-refractivity contribution in [3.63, 3.8) is 0 Å². The number of anilines is 1. The third kappa shape index (κ3) is 3.54. The summed E-state index contributed by atoms with van der Waals surface area (Å²) in [6.45, 7) is 5.72. The Balaban J connectivity index is 1.67. The van der Waals surface area contributed by atoms with Gasteiger partial charge < -0.3 is 11.1 Å². The van der Waals surface area contributed by atoms with Crippen molar-refractivity contribution in [2.45, 2.75) is 46.1 Å². The second kappa shape index (κ2) is 7.92. The van der Waals surface area contributed by atoms with Gasteiger partial charge in [-0.05, 0) is 48.8 Å². The average molecular weight is 440 g/mol. The molecule has 1 aliphatic carbocycles. The first-order valence-electron chi connectivity index (χ1n) is 10.4. The van der Waals surface area contributed by atoms with Gasteiger partial charge in [0.1, 0.15) is 11.0 Å². The molecule has 1 aliphatic heterocycles. The van der Waals surface area contributed by atoms with Crippen LogP contribution in [0, 0.1) is 11.8 Å². The molecular weight excluding hydrogens is 414 g/mol. The van der Waals surface area contributed by atoms with Gasteiger partial charge in [0.2, 0.25) is 5.91 Å². The standard InChI is InChI=1S/C23H25N3O4S/c1-11(2)18(26-22(29)13-6-4-5-7-14(13)23(26)30)20(28)25-21-17(19(24)27)15-9-8-12(3)10-16(15)31-21/h4-7,11-12,18H,8-10H2,1-3H3,(H2,24,27)(H,25,28). The molecule has 0 spiro atoms. The van der Waals surface area contributed by atoms with Crippen LogP contribution in [0.25, 0.3) is 0 Å². The Hall–Kier alpha value is -3.00. The Bertz CT molecular complexity index is 1070. The third-order valence-electron chi connectivity index (χ3n) is 6.00. The summed E-state index contributed by atoms with van der Waals surface area (Å²) in [5.74, 6) is -1.87. The van der Waals surface area contributed by atoms with Crippen LogP contribution in [-0.4, -0.2) is 34.6 Å². The molecule has 1 aromatic heterocycles. The normalized spacial score (nSPS) is 18.7. The maximum Gasteiger partial charge on any atom is 0.262 e. The van der Waals surface area contributed by atoms with Crippen molar-refractivity contribution in [1.82, 2.24) is 4.90 Å². The summed E-state index contributed by atoms with van der Waals surface area (Å²) in [7, 11) is 0. The minimum atomic E-state index is -1.01. The number of fused-ring (bicyclic) bond motifs is 2. The molecule has 8 heteroatoms. The second-order valence-corrected chi connectivity index (χ2v) is 9.73. The molecule has 2 heterocycles. The van der Waals surface area contributed by atoms with Gasteiger partial charge >= 0.3 is 0 Å². The third-order valence-corrected chi connectivity index (χ3v) is 7.17. The van der Waals surface area contributed by atoms with E-state index in [9.17, 15) is 19.2 Å². The number of nitrogens with zero attached hydrogens (tertiary/aromatic N) is 1. The van der Waals surface area contributed by atoms with Gasteiger partial charge in [-0.1, -0.05) is 32.9 Å². The molecule has 0 saturated heterocycles. The van der Waals surface area contributed by atoms with Gasteiger partial charge in [-0.15, -0.1) is 11.3 Å². The van der Waals surface area contributed by atoms with Crippen LogP contribution in [0.2, 0.25) is 0 Å². The lowest BCUT2D eigenvalue weighted by Crippen LogP contribution is -2.50. The number of hydrogen-bond donors (Lipinski definition) is 2. The number of nitrogens with two attached hydrogens (primary N) is 1. The van der Waals surface area contributed by atoms with Crippen molar-refractivity contribution in [2.75, 3.05) is 5.32 Å². The molecule has 31 heavy (non-hydrogen) atoms. The quantitative estimate of drug-likeness (QED) is 0.697. The fraction of sp³-hybridized carbons (Fsp3) is 0.391. The molecule has 1 aromatic carbocycles. The highest BCUT2D eigenvalue weighted by atomic mass is 32.1. The summed E-state index contributed by atoms with van der Waals surface area (Å²) in [6, 6.07) is 5.55. The summed E-state index contributed by atoms with van der Waals surface area (Å²) >= 11 is 1.36. The van der Waals surface area contributed by atoms with Crippen LogP contribution in [0.3, 0.4) is 0 Å². The van der Waals surface area contributed by atoms with E-state index in [4.69, 9.17) is 5.73 Å². The fourth-order valence-electron chi connectivity index (χ4n) is 4.46. The van der Waals surface area contributed by atoms with Crippen LogP contribution < -0.4 is 11.1 Å². The van der Waals surface area contributed by atoms with E-state index in [-0.39, 0.29) is 5.92 Å². The van der Waals surface area contributed by atoms with Gasteiger partial charge in [-0.3, -0.25) is 24.1 Å².